The molecule has 7 nitrogen and oxygen atoms in total. The fourth-order valence-electron chi connectivity index (χ4n) is 3.20. The van der Waals surface area contributed by atoms with Gasteiger partial charge < -0.3 is 14.6 Å². The highest BCUT2D eigenvalue weighted by Crippen LogP contribution is 2.40. The van der Waals surface area contributed by atoms with Crippen molar-refractivity contribution in [1.82, 2.24) is 19.5 Å². The lowest BCUT2D eigenvalue weighted by Gasteiger charge is -2.34. The molecule has 0 saturated carbocycles. The van der Waals surface area contributed by atoms with Crippen LogP contribution >= 0.6 is 11.3 Å². The molecular formula is C17H20N4O3S. The Kier molecular flexibility index (Phi) is 4.32. The summed E-state index contributed by atoms with van der Waals surface area (Å²) in [5, 5.41) is 15.1. The molecule has 25 heavy (non-hydrogen) atoms. The van der Waals surface area contributed by atoms with E-state index in [0.29, 0.717) is 24.0 Å². The number of methoxy groups -OCH3 is 1. The molecule has 1 fully saturated rings. The highest BCUT2D eigenvalue weighted by Gasteiger charge is 2.30. The maximum atomic E-state index is 10.8. The zero-order chi connectivity index (χ0) is 17.4. The number of aromatic hydroxyl groups is 1. The molecule has 0 radical (unpaired) electrons. The first-order valence-electron chi connectivity index (χ1n) is 8.18. The average molecular weight is 360 g/mol. The predicted octanol–water partition coefficient (Wildman–Crippen LogP) is 2.24. The van der Waals surface area contributed by atoms with Gasteiger partial charge in [-0.15, -0.1) is 5.10 Å². The standard InChI is InChI=1S/C17H20N4O3S/c1-11-18-17-21(19-11)16(22)15(25-17)14(20-6-8-24-9-7-20)12-4-3-5-13(10-12)23-2/h3-5,10,14,22H,6-9H2,1-2H3/t14-/m1/s1. The molecule has 1 atom stereocenters. The lowest BCUT2D eigenvalue weighted by molar-refractivity contribution is 0.0241. The third-order valence-corrected chi connectivity index (χ3v) is 5.45. The highest BCUT2D eigenvalue weighted by molar-refractivity contribution is 7.17. The molecule has 132 valence electrons. The normalized spacial score (nSPS) is 17.0. The number of aryl methyl sites for hydroxylation is 1. The van der Waals surface area contributed by atoms with Gasteiger partial charge in [0.15, 0.2) is 0 Å². The number of rotatable bonds is 4. The number of nitrogens with zero attached hydrogens (tertiary/aromatic N) is 4. The summed E-state index contributed by atoms with van der Waals surface area (Å²) in [7, 11) is 1.66. The summed E-state index contributed by atoms with van der Waals surface area (Å²) in [6.45, 7) is 4.78. The number of hydrogen-bond acceptors (Lipinski definition) is 7. The van der Waals surface area contributed by atoms with Crippen LogP contribution in [0.3, 0.4) is 0 Å². The average Bonchev–Trinajstić information content (AvgIpc) is 3.14. The second-order valence-corrected chi connectivity index (χ2v) is 6.98. The summed E-state index contributed by atoms with van der Waals surface area (Å²) in [4.78, 5) is 8.25. The van der Waals surface area contributed by atoms with Crippen LogP contribution in [-0.2, 0) is 4.74 Å². The molecule has 1 saturated heterocycles. The van der Waals surface area contributed by atoms with Gasteiger partial charge in [-0.25, -0.2) is 4.98 Å². The Hall–Kier alpha value is -2.16. The van der Waals surface area contributed by atoms with Crippen LogP contribution in [-0.4, -0.2) is 58.0 Å². The second kappa shape index (κ2) is 6.62. The molecule has 1 aliphatic rings. The maximum absolute atomic E-state index is 10.8. The van der Waals surface area contributed by atoms with Crippen molar-refractivity contribution >= 4 is 16.3 Å². The molecular weight excluding hydrogens is 340 g/mol. The first kappa shape index (κ1) is 16.3. The topological polar surface area (TPSA) is 72.1 Å². The van der Waals surface area contributed by atoms with E-state index in [1.807, 2.05) is 25.1 Å². The lowest BCUT2D eigenvalue weighted by atomic mass is 10.0. The zero-order valence-electron chi connectivity index (χ0n) is 14.2. The van der Waals surface area contributed by atoms with E-state index < -0.39 is 0 Å². The van der Waals surface area contributed by atoms with E-state index in [9.17, 15) is 5.11 Å². The molecule has 0 bridgehead atoms. The van der Waals surface area contributed by atoms with Crippen molar-refractivity contribution in [3.63, 3.8) is 0 Å². The number of morpholine rings is 1. The Bertz CT molecular complexity index is 885. The SMILES string of the molecule is COc1cccc([C@H](c2sc3nc(C)nn3c2O)N2CCOCC2)c1. The Labute approximate surface area is 149 Å². The first-order valence-corrected chi connectivity index (χ1v) is 9.00. The summed E-state index contributed by atoms with van der Waals surface area (Å²) in [6, 6.07) is 7.88. The predicted molar refractivity (Wildman–Crippen MR) is 94.5 cm³/mol. The Morgan fingerprint density at radius 2 is 2.12 bits per heavy atom. The van der Waals surface area contributed by atoms with Gasteiger partial charge >= 0.3 is 0 Å². The van der Waals surface area contributed by atoms with Crippen LogP contribution in [0.5, 0.6) is 11.6 Å². The number of benzene rings is 1. The van der Waals surface area contributed by atoms with Crippen molar-refractivity contribution in [2.75, 3.05) is 33.4 Å². The molecule has 3 aromatic rings. The summed E-state index contributed by atoms with van der Waals surface area (Å²) < 4.78 is 12.4. The van der Waals surface area contributed by atoms with E-state index in [4.69, 9.17) is 9.47 Å². The van der Waals surface area contributed by atoms with Crippen LogP contribution < -0.4 is 4.74 Å². The number of fused-ring (bicyclic) bond motifs is 1. The van der Waals surface area contributed by atoms with Crippen molar-refractivity contribution in [3.8, 4) is 11.6 Å². The van der Waals surface area contributed by atoms with Crippen LogP contribution in [0.25, 0.3) is 4.96 Å². The fraction of sp³-hybridized carbons (Fsp3) is 0.412. The fourth-order valence-corrected chi connectivity index (χ4v) is 4.36. The molecule has 1 N–H and O–H groups in total. The number of aromatic nitrogens is 3. The monoisotopic (exact) mass is 360 g/mol. The smallest absolute Gasteiger partial charge is 0.230 e. The number of thiazole rings is 1. The number of hydrogen-bond donors (Lipinski definition) is 1. The van der Waals surface area contributed by atoms with Gasteiger partial charge in [-0.2, -0.15) is 4.52 Å². The van der Waals surface area contributed by atoms with Gasteiger partial charge in [0.1, 0.15) is 11.6 Å². The molecule has 2 aromatic heterocycles. The third kappa shape index (κ3) is 2.97. The maximum Gasteiger partial charge on any atom is 0.230 e. The summed E-state index contributed by atoms with van der Waals surface area (Å²) in [5.74, 6) is 1.60. The molecule has 1 aromatic carbocycles. The van der Waals surface area contributed by atoms with Crippen LogP contribution in [0.1, 0.15) is 22.3 Å². The van der Waals surface area contributed by atoms with E-state index in [2.05, 4.69) is 21.0 Å². The van der Waals surface area contributed by atoms with E-state index in [-0.39, 0.29) is 11.9 Å². The quantitative estimate of drug-likeness (QED) is 0.769. The summed E-state index contributed by atoms with van der Waals surface area (Å²) in [5.41, 5.74) is 1.07. The van der Waals surface area contributed by atoms with Crippen molar-refractivity contribution in [2.24, 2.45) is 0 Å². The lowest BCUT2D eigenvalue weighted by Crippen LogP contribution is -2.39. The second-order valence-electron chi connectivity index (χ2n) is 5.97. The Balaban J connectivity index is 1.83. The van der Waals surface area contributed by atoms with Crippen molar-refractivity contribution in [2.45, 2.75) is 13.0 Å². The van der Waals surface area contributed by atoms with Crippen LogP contribution in [0, 0.1) is 6.92 Å². The zero-order valence-corrected chi connectivity index (χ0v) is 15.0. The van der Waals surface area contributed by atoms with Gasteiger partial charge in [0.2, 0.25) is 10.8 Å². The van der Waals surface area contributed by atoms with Crippen LogP contribution in [0.2, 0.25) is 0 Å². The van der Waals surface area contributed by atoms with Gasteiger partial charge in [-0.05, 0) is 24.6 Å². The summed E-state index contributed by atoms with van der Waals surface area (Å²) >= 11 is 1.47. The minimum absolute atomic E-state index is 0.0900. The minimum Gasteiger partial charge on any atom is -0.497 e. The van der Waals surface area contributed by atoms with Crippen LogP contribution in [0.4, 0.5) is 0 Å². The van der Waals surface area contributed by atoms with Gasteiger partial charge in [0.05, 0.1) is 31.2 Å². The van der Waals surface area contributed by atoms with Crippen molar-refractivity contribution in [3.05, 3.63) is 40.5 Å². The molecule has 0 unspecified atom stereocenters. The molecule has 4 rings (SSSR count). The Morgan fingerprint density at radius 3 is 2.84 bits per heavy atom. The van der Waals surface area contributed by atoms with E-state index in [1.165, 1.54) is 15.9 Å². The first-order chi connectivity index (χ1) is 12.2. The Morgan fingerprint density at radius 1 is 1.32 bits per heavy atom. The number of ether oxygens (including phenoxy) is 2. The van der Waals surface area contributed by atoms with Crippen molar-refractivity contribution in [1.29, 1.82) is 0 Å². The highest BCUT2D eigenvalue weighted by atomic mass is 32.1. The summed E-state index contributed by atoms with van der Waals surface area (Å²) in [6.07, 6.45) is 0. The molecule has 0 spiro atoms. The largest absolute Gasteiger partial charge is 0.497 e. The van der Waals surface area contributed by atoms with Gasteiger partial charge in [-0.3, -0.25) is 4.90 Å². The van der Waals surface area contributed by atoms with E-state index in [1.54, 1.807) is 7.11 Å². The molecule has 1 aliphatic heterocycles. The van der Waals surface area contributed by atoms with Gasteiger partial charge in [0.25, 0.3) is 0 Å². The van der Waals surface area contributed by atoms with Gasteiger partial charge in [-0.1, -0.05) is 23.5 Å². The molecule has 0 aliphatic carbocycles. The molecule has 0 amide bonds. The van der Waals surface area contributed by atoms with Crippen molar-refractivity contribution < 1.29 is 14.6 Å². The molecule has 8 heteroatoms. The van der Waals surface area contributed by atoms with E-state index >= 15 is 0 Å². The molecule has 3 heterocycles. The van der Waals surface area contributed by atoms with Gasteiger partial charge in [0, 0.05) is 13.1 Å². The third-order valence-electron chi connectivity index (χ3n) is 4.37. The van der Waals surface area contributed by atoms with Crippen LogP contribution in [0.15, 0.2) is 24.3 Å². The minimum atomic E-state index is -0.0900. The van der Waals surface area contributed by atoms with E-state index in [0.717, 1.165) is 29.3 Å².